The molecule has 0 spiro atoms. The van der Waals surface area contributed by atoms with E-state index in [0.717, 1.165) is 40.0 Å². The van der Waals surface area contributed by atoms with Crippen LogP contribution in [0.15, 0.2) is 116 Å². The van der Waals surface area contributed by atoms with Crippen LogP contribution in [0.5, 0.6) is 11.5 Å². The monoisotopic (exact) mass is 640 g/mol. The second-order valence-electron chi connectivity index (χ2n) is 15.6. The van der Waals surface area contributed by atoms with Gasteiger partial charge >= 0.3 is 0 Å². The molecule has 9 rings (SSSR count). The molecule has 0 saturated heterocycles. The lowest BCUT2D eigenvalue weighted by Gasteiger charge is -2.40. The van der Waals surface area contributed by atoms with Gasteiger partial charge in [0.2, 0.25) is 0 Å². The van der Waals surface area contributed by atoms with E-state index >= 15 is 0 Å². The van der Waals surface area contributed by atoms with Crippen molar-refractivity contribution in [3.8, 4) is 17.3 Å². The van der Waals surface area contributed by atoms with Crippen LogP contribution < -0.4 is 9.64 Å². The first-order valence-corrected chi connectivity index (χ1v) is 17.2. The lowest BCUT2D eigenvalue weighted by Crippen LogP contribution is -2.31. The number of pyridine rings is 2. The predicted octanol–water partition coefficient (Wildman–Crippen LogP) is 11.4. The highest BCUT2D eigenvalue weighted by atomic mass is 16.5. The fourth-order valence-electron chi connectivity index (χ4n) is 8.13. The number of rotatable bonds is 3. The Morgan fingerprint density at radius 1 is 0.592 bits per heavy atom. The zero-order valence-corrected chi connectivity index (χ0v) is 29.2. The van der Waals surface area contributed by atoms with Gasteiger partial charge < -0.3 is 4.74 Å². The van der Waals surface area contributed by atoms with Gasteiger partial charge in [-0.3, -0.25) is 9.47 Å². The average molecular weight is 641 g/mol. The summed E-state index contributed by atoms with van der Waals surface area (Å²) < 4.78 is 9.06. The molecule has 5 heterocycles. The van der Waals surface area contributed by atoms with Crippen LogP contribution in [0.1, 0.15) is 76.3 Å². The van der Waals surface area contributed by atoms with Crippen LogP contribution in [0.2, 0.25) is 0 Å². The van der Waals surface area contributed by atoms with Crippen LogP contribution in [-0.2, 0) is 16.2 Å². The third-order valence-corrected chi connectivity index (χ3v) is 10.8. The quantitative estimate of drug-likeness (QED) is 0.193. The van der Waals surface area contributed by atoms with Crippen LogP contribution in [0.25, 0.3) is 27.6 Å². The molecular weight excluding hydrogens is 601 g/mol. The van der Waals surface area contributed by atoms with Gasteiger partial charge in [0.25, 0.3) is 0 Å². The second kappa shape index (κ2) is 10.1. The van der Waals surface area contributed by atoms with E-state index in [1.807, 2.05) is 24.5 Å². The standard InChI is InChI=1S/C44H40N4O/c1-42(2,3)27-23-32-31-20-19-30(26-38(31)48-39(32)36(24-27)44(6,7)35-17-12-22-46-41(35)48)49-29-14-10-13-28(25-29)47-37-18-9-8-15-33(37)43(4,5)34-16-11-21-45-40(34)47/h8-26H,1-7H3. The third-order valence-electron chi connectivity index (χ3n) is 10.8. The summed E-state index contributed by atoms with van der Waals surface area (Å²) in [6, 6.07) is 36.8. The summed E-state index contributed by atoms with van der Waals surface area (Å²) in [6.07, 6.45) is 3.78. The van der Waals surface area contributed by atoms with Crippen LogP contribution in [0, 0.1) is 0 Å². The first-order chi connectivity index (χ1) is 23.4. The molecule has 3 aromatic heterocycles. The van der Waals surface area contributed by atoms with Crippen molar-refractivity contribution in [2.24, 2.45) is 0 Å². The number of ether oxygens (including phenoxy) is 1. The topological polar surface area (TPSA) is 43.2 Å². The maximum atomic E-state index is 6.70. The molecule has 2 aliphatic heterocycles. The van der Waals surface area contributed by atoms with E-state index in [0.29, 0.717) is 0 Å². The first-order valence-electron chi connectivity index (χ1n) is 17.2. The van der Waals surface area contributed by atoms with Crippen molar-refractivity contribution in [1.29, 1.82) is 0 Å². The van der Waals surface area contributed by atoms with E-state index < -0.39 is 0 Å². The van der Waals surface area contributed by atoms with Gasteiger partial charge in [-0.05, 0) is 70.6 Å². The summed E-state index contributed by atoms with van der Waals surface area (Å²) in [4.78, 5) is 12.1. The Morgan fingerprint density at radius 2 is 1.27 bits per heavy atom. The summed E-state index contributed by atoms with van der Waals surface area (Å²) in [5.74, 6) is 3.48. The smallest absolute Gasteiger partial charge is 0.141 e. The van der Waals surface area contributed by atoms with Crippen molar-refractivity contribution in [3.05, 3.63) is 143 Å². The number of para-hydroxylation sites is 1. The summed E-state index contributed by atoms with van der Waals surface area (Å²) in [5, 5.41) is 2.46. The van der Waals surface area contributed by atoms with Crippen molar-refractivity contribution in [1.82, 2.24) is 14.5 Å². The van der Waals surface area contributed by atoms with E-state index in [1.54, 1.807) is 0 Å². The maximum absolute atomic E-state index is 6.70. The van der Waals surface area contributed by atoms with Gasteiger partial charge in [-0.1, -0.05) is 90.9 Å². The minimum Gasteiger partial charge on any atom is -0.457 e. The van der Waals surface area contributed by atoms with Crippen molar-refractivity contribution >= 4 is 39.0 Å². The van der Waals surface area contributed by atoms with Crippen LogP contribution in [0.3, 0.4) is 0 Å². The SMILES string of the molecule is CC(C)(C)c1cc2c3c(c1)c1ccc(Oc4cccc(N5c6ccccc6C(C)(C)c6cccnc65)c4)cc1n3-c1ncccc1C2(C)C. The number of hydrogen-bond acceptors (Lipinski definition) is 4. The third kappa shape index (κ3) is 4.24. The van der Waals surface area contributed by atoms with Crippen molar-refractivity contribution < 1.29 is 4.74 Å². The predicted molar refractivity (Wildman–Crippen MR) is 201 cm³/mol. The highest BCUT2D eigenvalue weighted by Crippen LogP contribution is 2.52. The molecule has 49 heavy (non-hydrogen) atoms. The molecule has 0 atom stereocenters. The molecule has 0 bridgehead atoms. The number of aromatic nitrogens is 3. The highest BCUT2D eigenvalue weighted by molar-refractivity contribution is 6.12. The van der Waals surface area contributed by atoms with Gasteiger partial charge in [-0.2, -0.15) is 0 Å². The Kier molecular flexibility index (Phi) is 6.09. The number of benzene rings is 4. The highest BCUT2D eigenvalue weighted by Gasteiger charge is 2.39. The molecule has 7 aromatic rings. The zero-order chi connectivity index (χ0) is 33.9. The molecule has 0 radical (unpaired) electrons. The fraction of sp³-hybridized carbons (Fsp3) is 0.227. The molecular formula is C44H40N4O. The Bertz CT molecular complexity index is 2430. The van der Waals surface area contributed by atoms with Crippen molar-refractivity contribution in [3.63, 3.8) is 0 Å². The van der Waals surface area contributed by atoms with Crippen LogP contribution in [-0.4, -0.2) is 14.5 Å². The fourth-order valence-corrected chi connectivity index (χ4v) is 8.13. The van der Waals surface area contributed by atoms with Crippen molar-refractivity contribution in [2.45, 2.75) is 64.7 Å². The van der Waals surface area contributed by atoms with Gasteiger partial charge in [0.1, 0.15) is 23.1 Å². The van der Waals surface area contributed by atoms with E-state index in [2.05, 4.69) is 149 Å². The van der Waals surface area contributed by atoms with E-state index in [9.17, 15) is 0 Å². The van der Waals surface area contributed by atoms with E-state index in [4.69, 9.17) is 14.7 Å². The first kappa shape index (κ1) is 29.7. The summed E-state index contributed by atoms with van der Waals surface area (Å²) in [6.45, 7) is 16.1. The Balaban J connectivity index is 1.19. The Morgan fingerprint density at radius 3 is 2.04 bits per heavy atom. The van der Waals surface area contributed by atoms with Crippen LogP contribution >= 0.6 is 0 Å². The minimum atomic E-state index is -0.191. The lowest BCUT2D eigenvalue weighted by atomic mass is 9.73. The van der Waals surface area contributed by atoms with E-state index in [-0.39, 0.29) is 16.2 Å². The number of fused-ring (bicyclic) bond motifs is 7. The van der Waals surface area contributed by atoms with Crippen molar-refractivity contribution in [2.75, 3.05) is 4.90 Å². The zero-order valence-electron chi connectivity index (χ0n) is 29.2. The maximum Gasteiger partial charge on any atom is 0.141 e. The van der Waals surface area contributed by atoms with Gasteiger partial charge in [-0.15, -0.1) is 0 Å². The van der Waals surface area contributed by atoms with Gasteiger partial charge in [-0.25, -0.2) is 9.97 Å². The largest absolute Gasteiger partial charge is 0.457 e. The average Bonchev–Trinajstić information content (AvgIpc) is 3.41. The molecule has 5 nitrogen and oxygen atoms in total. The molecule has 2 aliphatic rings. The Labute approximate surface area is 287 Å². The number of nitrogens with zero attached hydrogens (tertiary/aromatic N) is 4. The van der Waals surface area contributed by atoms with Crippen LogP contribution in [0.4, 0.5) is 17.2 Å². The molecule has 0 fully saturated rings. The van der Waals surface area contributed by atoms with Gasteiger partial charge in [0, 0.05) is 57.3 Å². The number of anilines is 3. The molecule has 0 N–H and O–H groups in total. The van der Waals surface area contributed by atoms with E-state index in [1.165, 1.54) is 44.1 Å². The summed E-state index contributed by atoms with van der Waals surface area (Å²) in [7, 11) is 0. The van der Waals surface area contributed by atoms with Gasteiger partial charge in [0.05, 0.1) is 22.4 Å². The lowest BCUT2D eigenvalue weighted by molar-refractivity contribution is 0.483. The molecule has 0 unspecified atom stereocenters. The molecule has 4 aromatic carbocycles. The molecule has 0 saturated carbocycles. The Hall–Kier alpha value is -5.42. The molecule has 242 valence electrons. The number of hydrogen-bond donors (Lipinski definition) is 0. The normalized spacial score (nSPS) is 15.5. The summed E-state index contributed by atoms with van der Waals surface area (Å²) >= 11 is 0. The molecule has 0 amide bonds. The second-order valence-corrected chi connectivity index (χ2v) is 15.6. The molecule has 5 heteroatoms. The minimum absolute atomic E-state index is 0.0130. The van der Waals surface area contributed by atoms with Gasteiger partial charge in [0.15, 0.2) is 0 Å². The summed E-state index contributed by atoms with van der Waals surface area (Å²) in [5.41, 5.74) is 10.5. The molecule has 0 aliphatic carbocycles.